The van der Waals surface area contributed by atoms with Crippen molar-refractivity contribution < 1.29 is 19.1 Å². The molecule has 1 atom stereocenters. The molecular weight excluding hydrogens is 247 g/mol. The normalized spacial score (nSPS) is 19.4. The molecule has 2 rings (SSSR count). The second kappa shape index (κ2) is 4.70. The van der Waals surface area contributed by atoms with Crippen LogP contribution in [0.1, 0.15) is 10.4 Å². The Morgan fingerprint density at radius 1 is 1.53 bits per heavy atom. The minimum absolute atomic E-state index is 0.0683. The summed E-state index contributed by atoms with van der Waals surface area (Å²) in [5, 5.41) is 8.94. The van der Waals surface area contributed by atoms with Gasteiger partial charge in [0.15, 0.2) is 0 Å². The lowest BCUT2D eigenvalue weighted by molar-refractivity contribution is -0.140. The molecule has 0 radical (unpaired) electrons. The van der Waals surface area contributed by atoms with E-state index in [1.165, 1.54) is 22.9 Å². The topological polar surface area (TPSA) is 70.5 Å². The molecule has 2 heterocycles. The van der Waals surface area contributed by atoms with Crippen LogP contribution in [0.4, 0.5) is 4.39 Å². The van der Waals surface area contributed by atoms with Crippen molar-refractivity contribution in [1.29, 1.82) is 0 Å². The van der Waals surface area contributed by atoms with Gasteiger partial charge in [0, 0.05) is 11.9 Å². The lowest BCUT2D eigenvalue weighted by atomic mass is 10.2. The van der Waals surface area contributed by atoms with Crippen LogP contribution in [0.25, 0.3) is 0 Å². The standard InChI is InChI=1S/C10H9FN2O3S/c11-7-1-6(2-12-3-7)9(14)13-5-17-4-8(13)10(15)16/h1-3,8H,4-5H2,(H,15,16)/t8-/m0/s1. The molecule has 1 aliphatic heterocycles. The zero-order chi connectivity index (χ0) is 12.4. The average molecular weight is 256 g/mol. The monoisotopic (exact) mass is 256 g/mol. The predicted molar refractivity (Wildman–Crippen MR) is 59.1 cm³/mol. The van der Waals surface area contributed by atoms with Gasteiger partial charge >= 0.3 is 5.97 Å². The van der Waals surface area contributed by atoms with Crippen LogP contribution in [0.3, 0.4) is 0 Å². The fraction of sp³-hybridized carbons (Fsp3) is 0.300. The number of halogens is 1. The number of rotatable bonds is 2. The van der Waals surface area contributed by atoms with Crippen LogP contribution in [0.2, 0.25) is 0 Å². The number of carbonyl (C=O) groups is 2. The zero-order valence-corrected chi connectivity index (χ0v) is 9.48. The van der Waals surface area contributed by atoms with Gasteiger partial charge < -0.3 is 10.0 Å². The number of pyridine rings is 1. The molecule has 1 N–H and O–H groups in total. The smallest absolute Gasteiger partial charge is 0.327 e. The van der Waals surface area contributed by atoms with E-state index in [0.29, 0.717) is 11.6 Å². The highest BCUT2D eigenvalue weighted by atomic mass is 32.2. The first kappa shape index (κ1) is 11.8. The Morgan fingerprint density at radius 3 is 2.94 bits per heavy atom. The second-order valence-electron chi connectivity index (χ2n) is 3.52. The Labute approximate surface area is 101 Å². The number of hydrogen-bond donors (Lipinski definition) is 1. The molecule has 1 saturated heterocycles. The summed E-state index contributed by atoms with van der Waals surface area (Å²) in [6.07, 6.45) is 2.22. The fourth-order valence-corrected chi connectivity index (χ4v) is 2.69. The molecule has 0 bridgehead atoms. The van der Waals surface area contributed by atoms with Crippen molar-refractivity contribution in [3.8, 4) is 0 Å². The third-order valence-electron chi connectivity index (χ3n) is 2.38. The third-order valence-corrected chi connectivity index (χ3v) is 3.39. The number of carbonyl (C=O) groups excluding carboxylic acids is 1. The van der Waals surface area contributed by atoms with Gasteiger partial charge in [-0.05, 0) is 6.07 Å². The van der Waals surface area contributed by atoms with E-state index in [1.807, 2.05) is 0 Å². The van der Waals surface area contributed by atoms with Crippen molar-refractivity contribution in [3.05, 3.63) is 29.8 Å². The summed E-state index contributed by atoms with van der Waals surface area (Å²) >= 11 is 1.36. The van der Waals surface area contributed by atoms with Crippen LogP contribution in [0.5, 0.6) is 0 Å². The molecule has 1 aliphatic rings. The number of aliphatic carboxylic acids is 1. The van der Waals surface area contributed by atoms with E-state index < -0.39 is 23.7 Å². The second-order valence-corrected chi connectivity index (χ2v) is 4.52. The number of carboxylic acid groups (broad SMARTS) is 1. The number of nitrogens with zero attached hydrogens (tertiary/aromatic N) is 2. The van der Waals surface area contributed by atoms with Crippen molar-refractivity contribution in [2.24, 2.45) is 0 Å². The number of thioether (sulfide) groups is 1. The molecule has 0 spiro atoms. The van der Waals surface area contributed by atoms with Gasteiger partial charge in [-0.2, -0.15) is 0 Å². The van der Waals surface area contributed by atoms with Gasteiger partial charge in [0.05, 0.1) is 17.6 Å². The van der Waals surface area contributed by atoms with Crippen molar-refractivity contribution in [3.63, 3.8) is 0 Å². The molecular formula is C10H9FN2O3S. The molecule has 1 aromatic heterocycles. The van der Waals surface area contributed by atoms with Crippen molar-refractivity contribution in [1.82, 2.24) is 9.88 Å². The van der Waals surface area contributed by atoms with Crippen LogP contribution in [0.15, 0.2) is 18.5 Å². The molecule has 1 fully saturated rings. The van der Waals surface area contributed by atoms with Crippen LogP contribution >= 0.6 is 11.8 Å². The largest absolute Gasteiger partial charge is 0.480 e. The number of carboxylic acids is 1. The number of hydrogen-bond acceptors (Lipinski definition) is 4. The van der Waals surface area contributed by atoms with E-state index in [2.05, 4.69) is 4.98 Å². The van der Waals surface area contributed by atoms with Gasteiger partial charge in [0.1, 0.15) is 11.9 Å². The molecule has 7 heteroatoms. The Morgan fingerprint density at radius 2 is 2.29 bits per heavy atom. The summed E-state index contributed by atoms with van der Waals surface area (Å²) in [5.74, 6) is -1.52. The zero-order valence-electron chi connectivity index (χ0n) is 8.67. The lowest BCUT2D eigenvalue weighted by Gasteiger charge is -2.20. The first-order valence-corrected chi connectivity index (χ1v) is 5.97. The maximum absolute atomic E-state index is 12.9. The Kier molecular flexibility index (Phi) is 3.28. The third kappa shape index (κ3) is 2.38. The number of aromatic nitrogens is 1. The van der Waals surface area contributed by atoms with Gasteiger partial charge in [-0.25, -0.2) is 9.18 Å². The van der Waals surface area contributed by atoms with Gasteiger partial charge in [-0.3, -0.25) is 9.78 Å². The summed E-state index contributed by atoms with van der Waals surface area (Å²) in [4.78, 5) is 27.7. The van der Waals surface area contributed by atoms with Crippen molar-refractivity contribution >= 4 is 23.6 Å². The minimum Gasteiger partial charge on any atom is -0.480 e. The summed E-state index contributed by atoms with van der Waals surface area (Å²) in [7, 11) is 0. The van der Waals surface area contributed by atoms with Gasteiger partial charge in [-0.15, -0.1) is 11.8 Å². The summed E-state index contributed by atoms with van der Waals surface area (Å²) in [6, 6.07) is 0.202. The highest BCUT2D eigenvalue weighted by Gasteiger charge is 2.35. The Hall–Kier alpha value is -1.63. The molecule has 1 amide bonds. The van der Waals surface area contributed by atoms with E-state index in [9.17, 15) is 14.0 Å². The van der Waals surface area contributed by atoms with Crippen LogP contribution < -0.4 is 0 Å². The van der Waals surface area contributed by atoms with E-state index in [4.69, 9.17) is 5.11 Å². The molecule has 0 saturated carbocycles. The molecule has 0 unspecified atom stereocenters. The Bertz CT molecular complexity index is 469. The first-order chi connectivity index (χ1) is 8.09. The molecule has 90 valence electrons. The molecule has 5 nitrogen and oxygen atoms in total. The van der Waals surface area contributed by atoms with E-state index in [1.54, 1.807) is 0 Å². The molecule has 17 heavy (non-hydrogen) atoms. The van der Waals surface area contributed by atoms with Crippen molar-refractivity contribution in [2.45, 2.75) is 6.04 Å². The quantitative estimate of drug-likeness (QED) is 0.848. The molecule has 0 aromatic carbocycles. The van der Waals surface area contributed by atoms with E-state index in [0.717, 1.165) is 12.3 Å². The fourth-order valence-electron chi connectivity index (χ4n) is 1.54. The highest BCUT2D eigenvalue weighted by molar-refractivity contribution is 7.99. The maximum Gasteiger partial charge on any atom is 0.327 e. The molecule has 0 aliphatic carbocycles. The maximum atomic E-state index is 12.9. The van der Waals surface area contributed by atoms with Crippen LogP contribution in [-0.4, -0.2) is 44.5 Å². The average Bonchev–Trinajstić information content (AvgIpc) is 2.77. The van der Waals surface area contributed by atoms with Gasteiger partial charge in [0.2, 0.25) is 0 Å². The summed E-state index contributed by atoms with van der Waals surface area (Å²) in [6.45, 7) is 0. The van der Waals surface area contributed by atoms with Crippen molar-refractivity contribution in [2.75, 3.05) is 11.6 Å². The number of amides is 1. The highest BCUT2D eigenvalue weighted by Crippen LogP contribution is 2.23. The first-order valence-electron chi connectivity index (χ1n) is 4.81. The SMILES string of the molecule is O=C(O)[C@@H]1CSCN1C(=O)c1cncc(F)c1. The summed E-state index contributed by atoms with van der Waals surface area (Å²) < 4.78 is 12.9. The van der Waals surface area contributed by atoms with Crippen LogP contribution in [0, 0.1) is 5.82 Å². The van der Waals surface area contributed by atoms with E-state index in [-0.39, 0.29) is 5.56 Å². The lowest BCUT2D eigenvalue weighted by Crippen LogP contribution is -2.41. The minimum atomic E-state index is -1.05. The summed E-state index contributed by atoms with van der Waals surface area (Å²) in [5.41, 5.74) is 0.0683. The van der Waals surface area contributed by atoms with Crippen LogP contribution in [-0.2, 0) is 4.79 Å². The van der Waals surface area contributed by atoms with E-state index >= 15 is 0 Å². The van der Waals surface area contributed by atoms with Gasteiger partial charge in [-0.1, -0.05) is 0 Å². The Balaban J connectivity index is 2.23. The van der Waals surface area contributed by atoms with Gasteiger partial charge in [0.25, 0.3) is 5.91 Å². The molecule has 1 aromatic rings. The predicted octanol–water partition coefficient (Wildman–Crippen LogP) is 0.820.